The number of nitrogens with zero attached hydrogens (tertiary/aromatic N) is 1. The summed E-state index contributed by atoms with van der Waals surface area (Å²) in [6.45, 7) is 3.44. The molecule has 2 aromatic carbocycles. The van der Waals surface area contributed by atoms with E-state index in [4.69, 9.17) is 0 Å². The summed E-state index contributed by atoms with van der Waals surface area (Å²) in [5.41, 5.74) is 2.39. The highest BCUT2D eigenvalue weighted by molar-refractivity contribution is 7.10. The van der Waals surface area contributed by atoms with Gasteiger partial charge in [0.2, 0.25) is 11.8 Å². The highest BCUT2D eigenvalue weighted by atomic mass is 32.1. The Morgan fingerprint density at radius 2 is 1.97 bits per heavy atom. The van der Waals surface area contributed by atoms with Gasteiger partial charge in [0.15, 0.2) is 0 Å². The number of fused-ring (bicyclic) bond motifs is 2. The summed E-state index contributed by atoms with van der Waals surface area (Å²) in [6, 6.07) is 16.2. The molecule has 30 heavy (non-hydrogen) atoms. The van der Waals surface area contributed by atoms with E-state index in [0.717, 1.165) is 24.9 Å². The Hall–Kier alpha value is -2.66. The summed E-state index contributed by atoms with van der Waals surface area (Å²) >= 11 is 1.77. The lowest BCUT2D eigenvalue weighted by Crippen LogP contribution is -2.49. The van der Waals surface area contributed by atoms with Crippen molar-refractivity contribution in [3.05, 3.63) is 69.9 Å². The molecule has 1 atom stereocenters. The van der Waals surface area contributed by atoms with Crippen LogP contribution < -0.4 is 5.32 Å². The Kier molecular flexibility index (Phi) is 6.48. The van der Waals surface area contributed by atoms with Crippen molar-refractivity contribution in [2.45, 2.75) is 51.6 Å². The maximum atomic E-state index is 13.1. The molecule has 1 aromatic heterocycles. The van der Waals surface area contributed by atoms with E-state index in [2.05, 4.69) is 54.0 Å². The molecule has 0 fully saturated rings. The van der Waals surface area contributed by atoms with Gasteiger partial charge < -0.3 is 10.2 Å². The van der Waals surface area contributed by atoms with Gasteiger partial charge in [-0.2, -0.15) is 0 Å². The first-order valence-corrected chi connectivity index (χ1v) is 11.6. The summed E-state index contributed by atoms with van der Waals surface area (Å²) in [4.78, 5) is 29.0. The van der Waals surface area contributed by atoms with E-state index in [9.17, 15) is 9.59 Å². The molecule has 0 saturated carbocycles. The van der Waals surface area contributed by atoms with Crippen LogP contribution in [0.25, 0.3) is 10.8 Å². The molecule has 0 spiro atoms. The molecule has 0 radical (unpaired) electrons. The Morgan fingerprint density at radius 3 is 2.80 bits per heavy atom. The summed E-state index contributed by atoms with van der Waals surface area (Å²) in [5.74, 6) is -0.00375. The molecule has 1 N–H and O–H groups in total. The van der Waals surface area contributed by atoms with Gasteiger partial charge in [-0.25, -0.2) is 0 Å². The standard InChI is InChI=1S/C25H28N2O2S/c1-2-5-22(25(29)27-14-12-23-21(17-27)13-15-30-23)26-24(28)11-9-18-8-10-19-6-3-4-7-20(19)16-18/h3-4,6-8,10,13,15-16,22H,2,5,9,11-12,14,17H2,1H3,(H,26,28). The topological polar surface area (TPSA) is 49.4 Å². The second-order valence-electron chi connectivity index (χ2n) is 7.97. The van der Waals surface area contributed by atoms with Crippen LogP contribution >= 0.6 is 11.3 Å². The fourth-order valence-electron chi connectivity index (χ4n) is 4.12. The fourth-order valence-corrected chi connectivity index (χ4v) is 5.01. The average molecular weight is 421 g/mol. The number of carbonyl (C=O) groups is 2. The maximum absolute atomic E-state index is 13.1. The van der Waals surface area contributed by atoms with E-state index >= 15 is 0 Å². The van der Waals surface area contributed by atoms with E-state index in [-0.39, 0.29) is 11.8 Å². The van der Waals surface area contributed by atoms with Crippen LogP contribution in [0, 0.1) is 0 Å². The van der Waals surface area contributed by atoms with Crippen LogP contribution in [0.15, 0.2) is 53.9 Å². The molecule has 1 aliphatic heterocycles. The Bertz CT molecular complexity index is 1040. The van der Waals surface area contributed by atoms with Crippen LogP contribution in [0.2, 0.25) is 0 Å². The van der Waals surface area contributed by atoms with Gasteiger partial charge in [0.1, 0.15) is 6.04 Å². The second-order valence-corrected chi connectivity index (χ2v) is 8.97. The van der Waals surface area contributed by atoms with Crippen molar-refractivity contribution in [1.82, 2.24) is 10.2 Å². The van der Waals surface area contributed by atoms with E-state index < -0.39 is 6.04 Å². The number of rotatable bonds is 7. The smallest absolute Gasteiger partial charge is 0.245 e. The van der Waals surface area contributed by atoms with Crippen molar-refractivity contribution in [1.29, 1.82) is 0 Å². The van der Waals surface area contributed by atoms with Crippen molar-refractivity contribution >= 4 is 33.9 Å². The number of thiophene rings is 1. The number of hydrogen-bond donors (Lipinski definition) is 1. The molecule has 1 aliphatic rings. The zero-order valence-corrected chi connectivity index (χ0v) is 18.2. The highest BCUT2D eigenvalue weighted by Gasteiger charge is 2.28. The van der Waals surface area contributed by atoms with Crippen LogP contribution in [0.5, 0.6) is 0 Å². The van der Waals surface area contributed by atoms with Crippen LogP contribution in [0.4, 0.5) is 0 Å². The monoisotopic (exact) mass is 420 g/mol. The van der Waals surface area contributed by atoms with Gasteiger partial charge >= 0.3 is 0 Å². The first-order chi connectivity index (χ1) is 14.6. The maximum Gasteiger partial charge on any atom is 0.245 e. The lowest BCUT2D eigenvalue weighted by Gasteiger charge is -2.31. The third kappa shape index (κ3) is 4.73. The molecule has 1 unspecified atom stereocenters. The minimum Gasteiger partial charge on any atom is -0.344 e. The molecular formula is C25H28N2O2S. The zero-order chi connectivity index (χ0) is 20.9. The molecule has 0 saturated heterocycles. The molecule has 5 heteroatoms. The van der Waals surface area contributed by atoms with Crippen molar-refractivity contribution in [2.75, 3.05) is 6.54 Å². The molecule has 2 amide bonds. The van der Waals surface area contributed by atoms with E-state index in [1.54, 1.807) is 11.3 Å². The van der Waals surface area contributed by atoms with Gasteiger partial charge in [-0.3, -0.25) is 9.59 Å². The largest absolute Gasteiger partial charge is 0.344 e. The Morgan fingerprint density at radius 1 is 1.13 bits per heavy atom. The van der Waals surface area contributed by atoms with Crippen molar-refractivity contribution in [2.24, 2.45) is 0 Å². The van der Waals surface area contributed by atoms with Crippen LogP contribution in [0.1, 0.15) is 42.2 Å². The first-order valence-electron chi connectivity index (χ1n) is 10.7. The van der Waals surface area contributed by atoms with Crippen molar-refractivity contribution in [3.63, 3.8) is 0 Å². The summed E-state index contributed by atoms with van der Waals surface area (Å²) in [6.07, 6.45) is 3.51. The second kappa shape index (κ2) is 9.43. The first kappa shape index (κ1) is 20.6. The van der Waals surface area contributed by atoms with Gasteiger partial charge in [0.25, 0.3) is 0 Å². The lowest BCUT2D eigenvalue weighted by atomic mass is 10.0. The Labute approximate surface area is 181 Å². The third-order valence-corrected chi connectivity index (χ3v) is 6.81. The molecule has 2 heterocycles. The number of amides is 2. The number of hydrogen-bond acceptors (Lipinski definition) is 3. The van der Waals surface area contributed by atoms with Crippen molar-refractivity contribution in [3.8, 4) is 0 Å². The molecule has 156 valence electrons. The highest BCUT2D eigenvalue weighted by Crippen LogP contribution is 2.24. The molecule has 4 nitrogen and oxygen atoms in total. The van der Waals surface area contributed by atoms with Gasteiger partial charge in [-0.15, -0.1) is 11.3 Å². The lowest BCUT2D eigenvalue weighted by molar-refractivity contribution is -0.137. The van der Waals surface area contributed by atoms with E-state index in [0.29, 0.717) is 25.8 Å². The quantitative estimate of drug-likeness (QED) is 0.602. The third-order valence-electron chi connectivity index (χ3n) is 5.78. The number of benzene rings is 2. The fraction of sp³-hybridized carbons (Fsp3) is 0.360. The zero-order valence-electron chi connectivity index (χ0n) is 17.4. The van der Waals surface area contributed by atoms with Gasteiger partial charge in [0, 0.05) is 24.4 Å². The summed E-state index contributed by atoms with van der Waals surface area (Å²) in [5, 5.41) is 7.50. The van der Waals surface area contributed by atoms with E-state index in [1.807, 2.05) is 17.0 Å². The van der Waals surface area contributed by atoms with Crippen LogP contribution in [-0.2, 0) is 29.0 Å². The normalized spacial score (nSPS) is 14.4. The van der Waals surface area contributed by atoms with Crippen molar-refractivity contribution < 1.29 is 9.59 Å². The molecule has 4 rings (SSSR count). The SMILES string of the molecule is CCCC(NC(=O)CCc1ccc2ccccc2c1)C(=O)N1CCc2sccc2C1. The van der Waals surface area contributed by atoms with Crippen LogP contribution in [-0.4, -0.2) is 29.3 Å². The molecule has 3 aromatic rings. The Balaban J connectivity index is 1.35. The minimum atomic E-state index is -0.431. The summed E-state index contributed by atoms with van der Waals surface area (Å²) in [7, 11) is 0. The van der Waals surface area contributed by atoms with Gasteiger partial charge in [-0.1, -0.05) is 55.8 Å². The summed E-state index contributed by atoms with van der Waals surface area (Å²) < 4.78 is 0. The number of aryl methyl sites for hydroxylation is 1. The van der Waals surface area contributed by atoms with Crippen LogP contribution in [0.3, 0.4) is 0 Å². The predicted octanol–water partition coefficient (Wildman–Crippen LogP) is 4.70. The predicted molar refractivity (Wildman–Crippen MR) is 123 cm³/mol. The molecular weight excluding hydrogens is 392 g/mol. The minimum absolute atomic E-state index is 0.0488. The van der Waals surface area contributed by atoms with Gasteiger partial charge in [-0.05, 0) is 52.6 Å². The molecule has 0 aliphatic carbocycles. The number of carbonyl (C=O) groups excluding carboxylic acids is 2. The number of nitrogens with one attached hydrogen (secondary N) is 1. The van der Waals surface area contributed by atoms with Gasteiger partial charge in [0.05, 0.1) is 0 Å². The van der Waals surface area contributed by atoms with E-state index in [1.165, 1.54) is 21.2 Å². The average Bonchev–Trinajstić information content (AvgIpc) is 3.24. The molecule has 0 bridgehead atoms.